The molecule has 0 saturated carbocycles. The average molecular weight is 366 g/mol. The first-order valence-corrected chi connectivity index (χ1v) is 8.19. The van der Waals surface area contributed by atoms with Crippen LogP contribution in [-0.2, 0) is 25.6 Å². The minimum Gasteiger partial charge on any atom is -0.480 e. The normalized spacial score (nSPS) is 17.6. The first-order valence-electron chi connectivity index (χ1n) is 8.19. The van der Waals surface area contributed by atoms with E-state index in [0.717, 1.165) is 0 Å². The Kier molecular flexibility index (Phi) is 6.67. The second kappa shape index (κ2) is 8.94. The summed E-state index contributed by atoms with van der Waals surface area (Å²) in [5, 5.41) is 13.5. The number of aromatic amines is 1. The molecule has 1 aliphatic rings. The summed E-state index contributed by atoms with van der Waals surface area (Å²) in [6.07, 6.45) is 4.21. The number of H-pyrrole nitrogens is 1. The Morgan fingerprint density at radius 1 is 1.42 bits per heavy atom. The van der Waals surface area contributed by atoms with Crippen LogP contribution in [0.5, 0.6) is 0 Å². The number of nitrogens with two attached hydrogens (primary N) is 1. The van der Waals surface area contributed by atoms with Crippen molar-refractivity contribution in [2.75, 3.05) is 19.6 Å². The van der Waals surface area contributed by atoms with E-state index in [9.17, 15) is 19.2 Å². The third-order valence-electron chi connectivity index (χ3n) is 4.05. The van der Waals surface area contributed by atoms with Gasteiger partial charge in [0.1, 0.15) is 18.6 Å². The largest absolute Gasteiger partial charge is 0.480 e. The fourth-order valence-corrected chi connectivity index (χ4v) is 2.85. The molecule has 0 bridgehead atoms. The van der Waals surface area contributed by atoms with E-state index in [2.05, 4.69) is 20.6 Å². The second-order valence-electron chi connectivity index (χ2n) is 5.91. The maximum Gasteiger partial charge on any atom is 0.322 e. The number of aliphatic carboxylic acids is 1. The van der Waals surface area contributed by atoms with Crippen molar-refractivity contribution in [1.82, 2.24) is 25.5 Å². The fourth-order valence-electron chi connectivity index (χ4n) is 2.85. The van der Waals surface area contributed by atoms with E-state index in [-0.39, 0.29) is 13.0 Å². The predicted octanol–water partition coefficient (Wildman–Crippen LogP) is -2.41. The maximum absolute atomic E-state index is 12.9. The first-order chi connectivity index (χ1) is 12.4. The van der Waals surface area contributed by atoms with E-state index >= 15 is 0 Å². The zero-order valence-corrected chi connectivity index (χ0v) is 14.1. The highest BCUT2D eigenvalue weighted by atomic mass is 16.4. The van der Waals surface area contributed by atoms with Gasteiger partial charge in [-0.3, -0.25) is 19.2 Å². The molecule has 2 rings (SSSR count). The number of amides is 3. The van der Waals surface area contributed by atoms with Crippen LogP contribution in [0.3, 0.4) is 0 Å². The number of carboxylic acid groups (broad SMARTS) is 1. The molecule has 2 atom stereocenters. The van der Waals surface area contributed by atoms with Crippen LogP contribution < -0.4 is 16.4 Å². The molecule has 0 radical (unpaired) electrons. The highest BCUT2D eigenvalue weighted by molar-refractivity contribution is 5.93. The van der Waals surface area contributed by atoms with Crippen molar-refractivity contribution >= 4 is 23.7 Å². The second-order valence-corrected chi connectivity index (χ2v) is 5.91. The van der Waals surface area contributed by atoms with Crippen molar-refractivity contribution in [3.63, 3.8) is 0 Å². The van der Waals surface area contributed by atoms with Gasteiger partial charge in [0, 0.05) is 24.9 Å². The molecule has 11 nitrogen and oxygen atoms in total. The molecule has 26 heavy (non-hydrogen) atoms. The summed E-state index contributed by atoms with van der Waals surface area (Å²) in [4.78, 5) is 55.5. The lowest BCUT2D eigenvalue weighted by atomic mass is 10.1. The van der Waals surface area contributed by atoms with Gasteiger partial charge < -0.3 is 31.4 Å². The summed E-state index contributed by atoms with van der Waals surface area (Å²) >= 11 is 0. The average Bonchev–Trinajstić information content (AvgIpc) is 3.29. The Bertz CT molecular complexity index is 661. The molecule has 2 heterocycles. The lowest BCUT2D eigenvalue weighted by Crippen LogP contribution is -2.55. The van der Waals surface area contributed by atoms with Gasteiger partial charge in [-0.1, -0.05) is 0 Å². The van der Waals surface area contributed by atoms with E-state index < -0.39 is 42.3 Å². The third-order valence-corrected chi connectivity index (χ3v) is 4.05. The highest BCUT2D eigenvalue weighted by Crippen LogP contribution is 2.19. The zero-order valence-electron chi connectivity index (χ0n) is 14.1. The van der Waals surface area contributed by atoms with Crippen LogP contribution in [0.4, 0.5) is 0 Å². The molecule has 6 N–H and O–H groups in total. The van der Waals surface area contributed by atoms with Crippen molar-refractivity contribution in [3.8, 4) is 0 Å². The van der Waals surface area contributed by atoms with Crippen LogP contribution in [0.25, 0.3) is 0 Å². The number of carbonyl (C=O) groups excluding carboxylic acids is 3. The van der Waals surface area contributed by atoms with Crippen molar-refractivity contribution in [2.45, 2.75) is 31.3 Å². The van der Waals surface area contributed by atoms with Crippen molar-refractivity contribution in [2.24, 2.45) is 5.73 Å². The molecule has 1 aromatic heterocycles. The molecule has 1 aromatic rings. The number of rotatable bonds is 8. The number of aromatic nitrogens is 2. The molecular formula is C15H22N6O5. The van der Waals surface area contributed by atoms with Gasteiger partial charge in [0.05, 0.1) is 12.9 Å². The van der Waals surface area contributed by atoms with Gasteiger partial charge in [0.2, 0.25) is 17.7 Å². The van der Waals surface area contributed by atoms with E-state index in [4.69, 9.17) is 10.8 Å². The van der Waals surface area contributed by atoms with Crippen LogP contribution in [0.15, 0.2) is 12.5 Å². The van der Waals surface area contributed by atoms with Crippen LogP contribution in [0, 0.1) is 0 Å². The molecule has 142 valence electrons. The van der Waals surface area contributed by atoms with E-state index in [0.29, 0.717) is 25.1 Å². The highest BCUT2D eigenvalue weighted by Gasteiger charge is 2.37. The lowest BCUT2D eigenvalue weighted by molar-refractivity contribution is -0.142. The van der Waals surface area contributed by atoms with Gasteiger partial charge >= 0.3 is 5.97 Å². The van der Waals surface area contributed by atoms with Crippen LogP contribution in [0.2, 0.25) is 0 Å². The Hall–Kier alpha value is -2.95. The number of carbonyl (C=O) groups is 4. The standard InChI is InChI=1S/C15H22N6O5/c16-5-12(22)20-10(4-9-6-17-8-19-9)15(26)21-3-1-2-11(21)14(25)18-7-13(23)24/h6,8,10-11H,1-5,7,16H2,(H,17,19)(H,18,25)(H,20,22)(H,23,24). The summed E-state index contributed by atoms with van der Waals surface area (Å²) in [7, 11) is 0. The molecule has 1 fully saturated rings. The van der Waals surface area contributed by atoms with Gasteiger partial charge in [-0.2, -0.15) is 0 Å². The van der Waals surface area contributed by atoms with Gasteiger partial charge in [-0.25, -0.2) is 4.98 Å². The van der Waals surface area contributed by atoms with Gasteiger partial charge in [-0.15, -0.1) is 0 Å². The minimum absolute atomic E-state index is 0.171. The van der Waals surface area contributed by atoms with Crippen molar-refractivity contribution < 1.29 is 24.3 Å². The number of hydrogen-bond donors (Lipinski definition) is 5. The van der Waals surface area contributed by atoms with Crippen LogP contribution in [-0.4, -0.2) is 75.4 Å². The first kappa shape index (κ1) is 19.4. The number of imidazole rings is 1. The van der Waals surface area contributed by atoms with Crippen molar-refractivity contribution in [1.29, 1.82) is 0 Å². The quantitative estimate of drug-likeness (QED) is 0.341. The molecular weight excluding hydrogens is 344 g/mol. The molecule has 0 aliphatic carbocycles. The summed E-state index contributed by atoms with van der Waals surface area (Å²) < 4.78 is 0. The number of nitrogens with zero attached hydrogens (tertiary/aromatic N) is 2. The van der Waals surface area contributed by atoms with Gasteiger partial charge in [-0.05, 0) is 12.8 Å². The molecule has 0 spiro atoms. The Balaban J connectivity index is 2.10. The predicted molar refractivity (Wildman–Crippen MR) is 88.7 cm³/mol. The maximum atomic E-state index is 12.9. The number of likely N-dealkylation sites (tertiary alicyclic amines) is 1. The third kappa shape index (κ3) is 5.02. The van der Waals surface area contributed by atoms with Gasteiger partial charge in [0.25, 0.3) is 0 Å². The monoisotopic (exact) mass is 366 g/mol. The number of nitrogens with one attached hydrogen (secondary N) is 3. The molecule has 0 aromatic carbocycles. The van der Waals surface area contributed by atoms with Crippen LogP contribution >= 0.6 is 0 Å². The van der Waals surface area contributed by atoms with Gasteiger partial charge in [0.15, 0.2) is 0 Å². The Labute approximate surface area is 149 Å². The summed E-state index contributed by atoms with van der Waals surface area (Å²) in [6.45, 7) is -0.434. The van der Waals surface area contributed by atoms with E-state index in [1.165, 1.54) is 17.4 Å². The topological polar surface area (TPSA) is 171 Å². The zero-order chi connectivity index (χ0) is 19.1. The molecule has 11 heteroatoms. The van der Waals surface area contributed by atoms with Crippen molar-refractivity contribution in [3.05, 3.63) is 18.2 Å². The number of carboxylic acids is 1. The Morgan fingerprint density at radius 3 is 2.81 bits per heavy atom. The number of hydrogen-bond acceptors (Lipinski definition) is 6. The Morgan fingerprint density at radius 2 is 2.19 bits per heavy atom. The van der Waals surface area contributed by atoms with E-state index in [1.54, 1.807) is 0 Å². The van der Waals surface area contributed by atoms with E-state index in [1.807, 2.05) is 0 Å². The minimum atomic E-state index is -1.17. The smallest absolute Gasteiger partial charge is 0.322 e. The molecule has 1 saturated heterocycles. The summed E-state index contributed by atoms with van der Waals surface area (Å²) in [5.41, 5.74) is 5.96. The SMILES string of the molecule is NCC(=O)NC(Cc1cnc[nH]1)C(=O)N1CCCC1C(=O)NCC(=O)O. The molecule has 3 amide bonds. The summed E-state index contributed by atoms with van der Waals surface area (Å²) in [6, 6.07) is -1.67. The summed E-state index contributed by atoms with van der Waals surface area (Å²) in [5.74, 6) is -2.60. The molecule has 2 unspecified atom stereocenters. The van der Waals surface area contributed by atoms with Crippen LogP contribution in [0.1, 0.15) is 18.5 Å². The lowest BCUT2D eigenvalue weighted by Gasteiger charge is -2.28. The molecule has 1 aliphatic heterocycles. The fraction of sp³-hybridized carbons (Fsp3) is 0.533.